The van der Waals surface area contributed by atoms with E-state index in [1.807, 2.05) is 12.1 Å². The van der Waals surface area contributed by atoms with E-state index in [9.17, 15) is 9.18 Å². The van der Waals surface area contributed by atoms with Crippen LogP contribution >= 0.6 is 22.9 Å². The molecule has 1 aromatic heterocycles. The van der Waals surface area contributed by atoms with Crippen LogP contribution in [0.2, 0.25) is 4.34 Å². The average molecular weight is 383 g/mol. The molecule has 1 atom stereocenters. The van der Waals surface area contributed by atoms with E-state index in [2.05, 4.69) is 4.90 Å². The maximum Gasteiger partial charge on any atom is 0.236 e. The number of likely N-dealkylation sites (N-methyl/N-ethyl adjacent to an activating group) is 1. The molecule has 2 aromatic rings. The predicted molar refractivity (Wildman–Crippen MR) is 97.3 cm³/mol. The number of hydrogen-bond donors (Lipinski definition) is 0. The van der Waals surface area contributed by atoms with Crippen molar-refractivity contribution in [2.75, 3.05) is 33.3 Å². The SMILES string of the molecule is CN(Cc1ccc(Cl)s1)C(=O)CN1CCOC(c2ccc(F)cc2)C1. The molecule has 0 radical (unpaired) electrons. The molecular weight excluding hydrogens is 363 g/mol. The quantitative estimate of drug-likeness (QED) is 0.792. The third-order valence-electron chi connectivity index (χ3n) is 4.20. The van der Waals surface area contributed by atoms with Crippen LogP contribution in [0.4, 0.5) is 4.39 Å². The lowest BCUT2D eigenvalue weighted by Gasteiger charge is -2.33. The van der Waals surface area contributed by atoms with Crippen molar-refractivity contribution in [3.05, 3.63) is 57.0 Å². The number of amides is 1. The highest BCUT2D eigenvalue weighted by Crippen LogP contribution is 2.24. The molecule has 0 saturated carbocycles. The largest absolute Gasteiger partial charge is 0.371 e. The summed E-state index contributed by atoms with van der Waals surface area (Å²) >= 11 is 7.42. The molecule has 0 aliphatic carbocycles. The lowest BCUT2D eigenvalue weighted by Crippen LogP contribution is -2.44. The summed E-state index contributed by atoms with van der Waals surface area (Å²) in [5.74, 6) is -0.203. The zero-order valence-corrected chi connectivity index (χ0v) is 15.5. The zero-order chi connectivity index (χ0) is 17.8. The Morgan fingerprint density at radius 2 is 2.12 bits per heavy atom. The van der Waals surface area contributed by atoms with E-state index in [1.54, 1.807) is 24.1 Å². The van der Waals surface area contributed by atoms with Crippen molar-refractivity contribution in [2.45, 2.75) is 12.6 Å². The highest BCUT2D eigenvalue weighted by Gasteiger charge is 2.24. The highest BCUT2D eigenvalue weighted by molar-refractivity contribution is 7.16. The third kappa shape index (κ3) is 5.01. The first kappa shape index (κ1) is 18.3. The minimum atomic E-state index is -0.262. The number of halogens is 2. The molecule has 1 fully saturated rings. The standard InChI is InChI=1S/C18H20ClFN2O2S/c1-21(10-15-6-7-17(19)25-15)18(23)12-22-8-9-24-16(11-22)13-2-4-14(20)5-3-13/h2-7,16H,8-12H2,1H3. The number of nitrogens with zero attached hydrogens (tertiary/aromatic N) is 2. The van der Waals surface area contributed by atoms with Gasteiger partial charge in [0.1, 0.15) is 5.82 Å². The number of rotatable bonds is 5. The molecule has 1 aromatic carbocycles. The molecule has 134 valence electrons. The van der Waals surface area contributed by atoms with Crippen LogP contribution in [0.25, 0.3) is 0 Å². The molecule has 7 heteroatoms. The van der Waals surface area contributed by atoms with Gasteiger partial charge in [0.25, 0.3) is 0 Å². The van der Waals surface area contributed by atoms with Gasteiger partial charge in [-0.1, -0.05) is 23.7 Å². The van der Waals surface area contributed by atoms with Crippen molar-refractivity contribution >= 4 is 28.8 Å². The Bertz CT molecular complexity index is 722. The van der Waals surface area contributed by atoms with E-state index >= 15 is 0 Å². The smallest absolute Gasteiger partial charge is 0.236 e. The minimum absolute atomic E-state index is 0.0595. The second kappa shape index (κ2) is 8.27. The number of thiophene rings is 1. The van der Waals surface area contributed by atoms with Gasteiger partial charge in [-0.3, -0.25) is 9.69 Å². The Balaban J connectivity index is 1.54. The van der Waals surface area contributed by atoms with Crippen molar-refractivity contribution in [3.8, 4) is 0 Å². The van der Waals surface area contributed by atoms with Gasteiger partial charge in [-0.15, -0.1) is 11.3 Å². The average Bonchev–Trinajstić information content (AvgIpc) is 3.00. The topological polar surface area (TPSA) is 32.8 Å². The third-order valence-corrected chi connectivity index (χ3v) is 5.41. The van der Waals surface area contributed by atoms with Crippen molar-refractivity contribution in [1.82, 2.24) is 9.80 Å². The molecule has 25 heavy (non-hydrogen) atoms. The van der Waals surface area contributed by atoms with Crippen molar-refractivity contribution in [2.24, 2.45) is 0 Å². The maximum absolute atomic E-state index is 13.1. The van der Waals surface area contributed by atoms with E-state index in [4.69, 9.17) is 16.3 Å². The first-order valence-electron chi connectivity index (χ1n) is 8.09. The number of ether oxygens (including phenoxy) is 1. The van der Waals surface area contributed by atoms with Crippen LogP contribution in [-0.2, 0) is 16.1 Å². The molecule has 4 nitrogen and oxygen atoms in total. The van der Waals surface area contributed by atoms with Crippen LogP contribution in [0.3, 0.4) is 0 Å². The lowest BCUT2D eigenvalue weighted by atomic mass is 10.1. The molecule has 2 heterocycles. The van der Waals surface area contributed by atoms with Gasteiger partial charge in [-0.25, -0.2) is 4.39 Å². The molecular formula is C18H20ClFN2O2S. The van der Waals surface area contributed by atoms with Gasteiger partial charge in [0, 0.05) is 25.0 Å². The minimum Gasteiger partial charge on any atom is -0.371 e. The fraction of sp³-hybridized carbons (Fsp3) is 0.389. The normalized spacial score (nSPS) is 18.3. The second-order valence-electron chi connectivity index (χ2n) is 6.10. The van der Waals surface area contributed by atoms with Gasteiger partial charge in [0.05, 0.1) is 30.1 Å². The number of carbonyl (C=O) groups is 1. The van der Waals surface area contributed by atoms with Gasteiger partial charge in [-0.2, -0.15) is 0 Å². The fourth-order valence-corrected chi connectivity index (χ4v) is 3.94. The molecule has 1 aliphatic rings. The number of carbonyl (C=O) groups excluding carboxylic acids is 1. The first-order valence-corrected chi connectivity index (χ1v) is 9.28. The Kier molecular flexibility index (Phi) is 6.06. The molecule has 0 spiro atoms. The zero-order valence-electron chi connectivity index (χ0n) is 14.0. The molecule has 1 aliphatic heterocycles. The first-order chi connectivity index (χ1) is 12.0. The van der Waals surface area contributed by atoms with Gasteiger partial charge in [0.15, 0.2) is 0 Å². The summed E-state index contributed by atoms with van der Waals surface area (Å²) in [5, 5.41) is 0. The van der Waals surface area contributed by atoms with E-state index in [1.165, 1.54) is 23.5 Å². The Morgan fingerprint density at radius 3 is 2.80 bits per heavy atom. The molecule has 1 unspecified atom stereocenters. The summed E-state index contributed by atoms with van der Waals surface area (Å²) in [7, 11) is 1.80. The van der Waals surface area contributed by atoms with E-state index < -0.39 is 0 Å². The van der Waals surface area contributed by atoms with Gasteiger partial charge >= 0.3 is 0 Å². The van der Waals surface area contributed by atoms with Gasteiger partial charge in [0.2, 0.25) is 5.91 Å². The van der Waals surface area contributed by atoms with Crippen LogP contribution in [0.15, 0.2) is 36.4 Å². The van der Waals surface area contributed by atoms with Crippen LogP contribution in [0.5, 0.6) is 0 Å². The number of morpholine rings is 1. The fourth-order valence-electron chi connectivity index (χ4n) is 2.80. The summed E-state index contributed by atoms with van der Waals surface area (Å²) in [5.41, 5.74) is 0.931. The molecule has 3 rings (SSSR count). The Hall–Kier alpha value is -1.47. The molecule has 1 saturated heterocycles. The lowest BCUT2D eigenvalue weighted by molar-refractivity contribution is -0.133. The second-order valence-corrected chi connectivity index (χ2v) is 7.90. The molecule has 0 bridgehead atoms. The maximum atomic E-state index is 13.1. The summed E-state index contributed by atoms with van der Waals surface area (Å²) < 4.78 is 19.6. The molecule has 1 amide bonds. The van der Waals surface area contributed by atoms with E-state index in [-0.39, 0.29) is 17.8 Å². The Morgan fingerprint density at radius 1 is 1.36 bits per heavy atom. The van der Waals surface area contributed by atoms with E-state index in [0.29, 0.717) is 32.8 Å². The van der Waals surface area contributed by atoms with Crippen LogP contribution in [-0.4, -0.2) is 49.0 Å². The predicted octanol–water partition coefficient (Wildman–Crippen LogP) is 3.57. The highest BCUT2D eigenvalue weighted by atomic mass is 35.5. The van der Waals surface area contributed by atoms with Crippen LogP contribution in [0, 0.1) is 5.82 Å². The molecule has 0 N–H and O–H groups in total. The summed E-state index contributed by atoms with van der Waals surface area (Å²) in [6.07, 6.45) is -0.136. The van der Waals surface area contributed by atoms with E-state index in [0.717, 1.165) is 14.8 Å². The summed E-state index contributed by atoms with van der Waals surface area (Å²) in [4.78, 5) is 17.3. The Labute approximate surface area is 155 Å². The monoisotopic (exact) mass is 382 g/mol. The number of hydrogen-bond acceptors (Lipinski definition) is 4. The van der Waals surface area contributed by atoms with Gasteiger partial charge in [-0.05, 0) is 29.8 Å². The van der Waals surface area contributed by atoms with Crippen LogP contribution in [0.1, 0.15) is 16.5 Å². The van der Waals surface area contributed by atoms with Crippen molar-refractivity contribution in [1.29, 1.82) is 0 Å². The van der Waals surface area contributed by atoms with Crippen molar-refractivity contribution < 1.29 is 13.9 Å². The van der Waals surface area contributed by atoms with Crippen LogP contribution < -0.4 is 0 Å². The van der Waals surface area contributed by atoms with Crippen molar-refractivity contribution in [3.63, 3.8) is 0 Å². The summed E-state index contributed by atoms with van der Waals surface area (Å²) in [6, 6.07) is 10.1. The van der Waals surface area contributed by atoms with Gasteiger partial charge < -0.3 is 9.64 Å². The summed E-state index contributed by atoms with van der Waals surface area (Å²) in [6.45, 7) is 2.79. The number of benzene rings is 1.